The van der Waals surface area contributed by atoms with E-state index in [1.165, 1.54) is 6.07 Å². The molecular weight excluding hydrogens is 280 g/mol. The Balaban J connectivity index is 2.01. The monoisotopic (exact) mass is 291 g/mol. The minimum atomic E-state index is -0.700. The second-order valence-electron chi connectivity index (χ2n) is 4.36. The van der Waals surface area contributed by atoms with Crippen LogP contribution in [0, 0.1) is 11.7 Å². The Morgan fingerprint density at radius 1 is 1.44 bits per heavy atom. The van der Waals surface area contributed by atoms with Gasteiger partial charge in [0, 0.05) is 6.54 Å². The zero-order chi connectivity index (χ0) is 13.3. The molecule has 0 aliphatic heterocycles. The van der Waals surface area contributed by atoms with Crippen LogP contribution in [0.2, 0.25) is 10.0 Å². The molecule has 98 valence electrons. The number of nitrogens with one attached hydrogen (secondary N) is 1. The van der Waals surface area contributed by atoms with Gasteiger partial charge >= 0.3 is 0 Å². The van der Waals surface area contributed by atoms with Gasteiger partial charge in [0.1, 0.15) is 5.82 Å². The van der Waals surface area contributed by atoms with Gasteiger partial charge in [-0.25, -0.2) is 4.39 Å². The molecule has 0 heterocycles. The van der Waals surface area contributed by atoms with E-state index in [4.69, 9.17) is 23.2 Å². The van der Waals surface area contributed by atoms with Crippen LogP contribution in [-0.4, -0.2) is 23.7 Å². The van der Waals surface area contributed by atoms with E-state index < -0.39 is 17.8 Å². The van der Waals surface area contributed by atoms with E-state index in [0.29, 0.717) is 0 Å². The van der Waals surface area contributed by atoms with Gasteiger partial charge in [-0.15, -0.1) is 0 Å². The molecule has 1 aliphatic rings. The lowest BCUT2D eigenvalue weighted by Crippen LogP contribution is -2.33. The molecule has 18 heavy (non-hydrogen) atoms. The second kappa shape index (κ2) is 5.43. The van der Waals surface area contributed by atoms with Gasteiger partial charge in [-0.3, -0.25) is 4.79 Å². The van der Waals surface area contributed by atoms with Crippen molar-refractivity contribution < 1.29 is 14.3 Å². The quantitative estimate of drug-likeness (QED) is 0.838. The molecule has 0 spiro atoms. The number of halogens is 3. The summed E-state index contributed by atoms with van der Waals surface area (Å²) in [5, 5.41) is 12.1. The summed E-state index contributed by atoms with van der Waals surface area (Å²) in [6.07, 6.45) is 1.41. The van der Waals surface area contributed by atoms with Crippen molar-refractivity contribution in [2.24, 2.45) is 5.92 Å². The molecule has 2 rings (SSSR count). The molecule has 0 bridgehead atoms. The van der Waals surface area contributed by atoms with E-state index in [-0.39, 0.29) is 28.1 Å². The molecule has 1 unspecified atom stereocenters. The summed E-state index contributed by atoms with van der Waals surface area (Å²) in [5.74, 6) is -0.952. The van der Waals surface area contributed by atoms with Crippen LogP contribution in [0.4, 0.5) is 4.39 Å². The minimum absolute atomic E-state index is 0.0153. The number of benzene rings is 1. The van der Waals surface area contributed by atoms with Crippen LogP contribution < -0.4 is 5.32 Å². The summed E-state index contributed by atoms with van der Waals surface area (Å²) in [7, 11) is 0. The summed E-state index contributed by atoms with van der Waals surface area (Å²) in [5.41, 5.74) is 0.0153. The maximum Gasteiger partial charge on any atom is 0.252 e. The van der Waals surface area contributed by atoms with Gasteiger partial charge in [0.2, 0.25) is 0 Å². The molecule has 2 N–H and O–H groups in total. The highest BCUT2D eigenvalue weighted by atomic mass is 35.5. The Morgan fingerprint density at radius 2 is 2.11 bits per heavy atom. The molecule has 1 aromatic rings. The van der Waals surface area contributed by atoms with E-state index >= 15 is 0 Å². The number of aliphatic hydroxyl groups is 1. The van der Waals surface area contributed by atoms with Crippen molar-refractivity contribution in [2.75, 3.05) is 6.54 Å². The van der Waals surface area contributed by atoms with Crippen LogP contribution in [0.5, 0.6) is 0 Å². The van der Waals surface area contributed by atoms with E-state index in [9.17, 15) is 14.3 Å². The van der Waals surface area contributed by atoms with Crippen molar-refractivity contribution in [2.45, 2.75) is 18.9 Å². The smallest absolute Gasteiger partial charge is 0.252 e. The molecule has 0 aromatic heterocycles. The fraction of sp³-hybridized carbons (Fsp3) is 0.417. The molecule has 1 atom stereocenters. The average Bonchev–Trinajstić information content (AvgIpc) is 3.14. The zero-order valence-electron chi connectivity index (χ0n) is 9.42. The first kappa shape index (κ1) is 13.6. The summed E-state index contributed by atoms with van der Waals surface area (Å²) in [6.45, 7) is 0.143. The largest absolute Gasteiger partial charge is 0.391 e. The average molecular weight is 292 g/mol. The summed E-state index contributed by atoms with van der Waals surface area (Å²) < 4.78 is 13.2. The molecule has 1 saturated carbocycles. The van der Waals surface area contributed by atoms with Crippen molar-refractivity contribution in [1.82, 2.24) is 5.32 Å². The molecule has 1 aliphatic carbocycles. The van der Waals surface area contributed by atoms with E-state index in [1.54, 1.807) is 0 Å². The van der Waals surface area contributed by atoms with E-state index in [2.05, 4.69) is 5.32 Å². The van der Waals surface area contributed by atoms with Crippen molar-refractivity contribution in [1.29, 1.82) is 0 Å². The second-order valence-corrected chi connectivity index (χ2v) is 5.18. The Hall–Kier alpha value is -0.840. The SMILES string of the molecule is O=C(NCC(O)C1CC1)c1cc(F)c(Cl)cc1Cl. The first-order valence-electron chi connectivity index (χ1n) is 5.60. The first-order valence-corrected chi connectivity index (χ1v) is 6.35. The molecule has 1 amide bonds. The number of hydrogen-bond acceptors (Lipinski definition) is 2. The van der Waals surface area contributed by atoms with Crippen LogP contribution in [0.15, 0.2) is 12.1 Å². The van der Waals surface area contributed by atoms with Gasteiger partial charge in [-0.1, -0.05) is 23.2 Å². The van der Waals surface area contributed by atoms with Crippen LogP contribution in [0.25, 0.3) is 0 Å². The topological polar surface area (TPSA) is 49.3 Å². The number of amides is 1. The summed E-state index contributed by atoms with van der Waals surface area (Å²) in [6, 6.07) is 2.17. The summed E-state index contributed by atoms with van der Waals surface area (Å²) in [4.78, 5) is 11.8. The third-order valence-corrected chi connectivity index (χ3v) is 3.49. The molecule has 3 nitrogen and oxygen atoms in total. The van der Waals surface area contributed by atoms with Crippen molar-refractivity contribution in [3.63, 3.8) is 0 Å². The maximum atomic E-state index is 13.2. The van der Waals surface area contributed by atoms with Crippen LogP contribution in [0.1, 0.15) is 23.2 Å². The molecule has 6 heteroatoms. The van der Waals surface area contributed by atoms with Crippen LogP contribution in [-0.2, 0) is 0 Å². The third kappa shape index (κ3) is 3.13. The molecule has 0 saturated heterocycles. The Bertz CT molecular complexity index is 477. The highest BCUT2D eigenvalue weighted by molar-refractivity contribution is 6.36. The lowest BCUT2D eigenvalue weighted by atomic mass is 10.2. The van der Waals surface area contributed by atoms with Gasteiger partial charge in [-0.05, 0) is 30.9 Å². The fourth-order valence-corrected chi connectivity index (χ4v) is 2.11. The van der Waals surface area contributed by atoms with Gasteiger partial charge < -0.3 is 10.4 Å². The molecule has 0 radical (unpaired) electrons. The van der Waals surface area contributed by atoms with E-state index in [1.807, 2.05) is 0 Å². The zero-order valence-corrected chi connectivity index (χ0v) is 10.9. The Labute approximate surface area is 114 Å². The van der Waals surface area contributed by atoms with Crippen LogP contribution in [0.3, 0.4) is 0 Å². The fourth-order valence-electron chi connectivity index (χ4n) is 1.64. The van der Waals surface area contributed by atoms with Gasteiger partial charge in [0.15, 0.2) is 0 Å². The van der Waals surface area contributed by atoms with Gasteiger partial charge in [0.25, 0.3) is 5.91 Å². The highest BCUT2D eigenvalue weighted by Gasteiger charge is 2.29. The number of carbonyl (C=O) groups is 1. The standard InChI is InChI=1S/C12H12Cl2FNO2/c13-8-4-9(14)10(15)3-7(8)12(18)16-5-11(17)6-1-2-6/h3-4,6,11,17H,1-2,5H2,(H,16,18). The van der Waals surface area contributed by atoms with Crippen molar-refractivity contribution in [3.8, 4) is 0 Å². The number of hydrogen-bond donors (Lipinski definition) is 2. The third-order valence-electron chi connectivity index (χ3n) is 2.89. The first-order chi connectivity index (χ1) is 8.49. The predicted molar refractivity (Wildman–Crippen MR) is 67.5 cm³/mol. The minimum Gasteiger partial charge on any atom is -0.391 e. The van der Waals surface area contributed by atoms with Crippen molar-refractivity contribution in [3.05, 3.63) is 33.6 Å². The van der Waals surface area contributed by atoms with Gasteiger partial charge in [-0.2, -0.15) is 0 Å². The summed E-state index contributed by atoms with van der Waals surface area (Å²) >= 11 is 11.3. The van der Waals surface area contributed by atoms with Crippen molar-refractivity contribution >= 4 is 29.1 Å². The Kier molecular flexibility index (Phi) is 4.10. The molecule has 1 fully saturated rings. The lowest BCUT2D eigenvalue weighted by Gasteiger charge is -2.11. The predicted octanol–water partition coefficient (Wildman–Crippen LogP) is 2.63. The molecular formula is C12H12Cl2FNO2. The highest BCUT2D eigenvalue weighted by Crippen LogP contribution is 2.32. The number of aliphatic hydroxyl groups excluding tert-OH is 1. The van der Waals surface area contributed by atoms with E-state index in [0.717, 1.165) is 18.9 Å². The molecule has 1 aromatic carbocycles. The number of rotatable bonds is 4. The van der Waals surface area contributed by atoms with Gasteiger partial charge in [0.05, 0.1) is 21.7 Å². The number of carbonyl (C=O) groups excluding carboxylic acids is 1. The lowest BCUT2D eigenvalue weighted by molar-refractivity contribution is 0.0901. The maximum absolute atomic E-state index is 13.2. The Morgan fingerprint density at radius 3 is 2.72 bits per heavy atom. The van der Waals surface area contributed by atoms with Crippen LogP contribution >= 0.6 is 23.2 Å². The normalized spacial score (nSPS) is 16.4.